The Labute approximate surface area is 108 Å². The number of nitrogens with one attached hydrogen (secondary N) is 1. The third kappa shape index (κ3) is 3.74. The van der Waals surface area contributed by atoms with E-state index < -0.39 is 5.54 Å². The summed E-state index contributed by atoms with van der Waals surface area (Å²) in [5, 5.41) is 3.21. The second kappa shape index (κ2) is 6.40. The van der Waals surface area contributed by atoms with Crippen molar-refractivity contribution in [2.45, 2.75) is 25.8 Å². The van der Waals surface area contributed by atoms with Crippen LogP contribution in [0.15, 0.2) is 24.3 Å². The predicted octanol–water partition coefficient (Wildman–Crippen LogP) is 2.38. The van der Waals surface area contributed by atoms with Crippen molar-refractivity contribution >= 4 is 11.7 Å². The number of carbonyl (C=O) groups is 1. The highest BCUT2D eigenvalue weighted by Crippen LogP contribution is 2.20. The maximum Gasteiger partial charge on any atom is 0.331 e. The Morgan fingerprint density at radius 3 is 2.39 bits per heavy atom. The van der Waals surface area contributed by atoms with E-state index in [0.29, 0.717) is 13.0 Å². The van der Waals surface area contributed by atoms with Crippen molar-refractivity contribution in [1.29, 1.82) is 0 Å². The van der Waals surface area contributed by atoms with Crippen molar-refractivity contribution in [2.75, 3.05) is 26.1 Å². The van der Waals surface area contributed by atoms with E-state index in [9.17, 15) is 4.79 Å². The van der Waals surface area contributed by atoms with Gasteiger partial charge in [-0.3, -0.25) is 0 Å². The second-order valence-corrected chi connectivity index (χ2v) is 4.56. The Bertz CT molecular complexity index is 389. The van der Waals surface area contributed by atoms with Gasteiger partial charge in [-0.2, -0.15) is 0 Å². The summed E-state index contributed by atoms with van der Waals surface area (Å²) in [6.45, 7) is 4.33. The van der Waals surface area contributed by atoms with Crippen molar-refractivity contribution in [3.8, 4) is 0 Å². The minimum absolute atomic E-state index is 0.292. The summed E-state index contributed by atoms with van der Waals surface area (Å²) in [5.41, 5.74) is 1.29. The number of ether oxygens (including phenoxy) is 2. The molecule has 0 saturated carbocycles. The molecule has 0 aliphatic carbocycles. The van der Waals surface area contributed by atoms with Gasteiger partial charge in [0.25, 0.3) is 0 Å². The van der Waals surface area contributed by atoms with E-state index in [1.54, 1.807) is 7.11 Å². The van der Waals surface area contributed by atoms with E-state index in [0.717, 1.165) is 5.69 Å². The molecule has 0 spiro atoms. The van der Waals surface area contributed by atoms with Gasteiger partial charge >= 0.3 is 5.97 Å². The lowest BCUT2D eigenvalue weighted by Crippen LogP contribution is -2.45. The molecule has 0 aliphatic heterocycles. The quantitative estimate of drug-likeness (QED) is 0.789. The smallest absolute Gasteiger partial charge is 0.331 e. The molecular formula is C14H21NO3. The third-order valence-corrected chi connectivity index (χ3v) is 2.91. The molecule has 1 N–H and O–H groups in total. The third-order valence-electron chi connectivity index (χ3n) is 2.91. The Hall–Kier alpha value is -1.55. The van der Waals surface area contributed by atoms with Crippen molar-refractivity contribution in [1.82, 2.24) is 0 Å². The molecule has 0 aliphatic rings. The molecule has 1 unspecified atom stereocenters. The van der Waals surface area contributed by atoms with Gasteiger partial charge in [0, 0.05) is 25.8 Å². The maximum atomic E-state index is 11.9. The molecular weight excluding hydrogens is 230 g/mol. The highest BCUT2D eigenvalue weighted by atomic mass is 16.5. The number of hydrogen-bond donors (Lipinski definition) is 1. The molecule has 18 heavy (non-hydrogen) atoms. The number of anilines is 1. The van der Waals surface area contributed by atoms with Gasteiger partial charge in [0.1, 0.15) is 5.54 Å². The summed E-state index contributed by atoms with van der Waals surface area (Å²) >= 11 is 0. The molecule has 1 aromatic rings. The number of carbonyl (C=O) groups excluding carboxylic acids is 1. The number of hydrogen-bond acceptors (Lipinski definition) is 4. The lowest BCUT2D eigenvalue weighted by Gasteiger charge is -2.28. The van der Waals surface area contributed by atoms with Crippen LogP contribution in [0.4, 0.5) is 5.69 Å². The molecule has 0 aromatic heterocycles. The minimum atomic E-state index is -0.778. The lowest BCUT2D eigenvalue weighted by molar-refractivity contribution is -0.146. The van der Waals surface area contributed by atoms with Crippen LogP contribution >= 0.6 is 0 Å². The van der Waals surface area contributed by atoms with Crippen LogP contribution in [0.5, 0.6) is 0 Å². The summed E-state index contributed by atoms with van der Waals surface area (Å²) in [6, 6.07) is 7.89. The van der Waals surface area contributed by atoms with Crippen LogP contribution in [0.25, 0.3) is 0 Å². The molecule has 0 saturated heterocycles. The molecule has 0 fully saturated rings. The molecule has 4 nitrogen and oxygen atoms in total. The zero-order valence-corrected chi connectivity index (χ0v) is 11.4. The van der Waals surface area contributed by atoms with Gasteiger partial charge < -0.3 is 14.8 Å². The summed E-state index contributed by atoms with van der Waals surface area (Å²) < 4.78 is 9.89. The Kier molecular flexibility index (Phi) is 5.16. The largest absolute Gasteiger partial charge is 0.467 e. The normalized spacial score (nSPS) is 13.8. The van der Waals surface area contributed by atoms with Crippen molar-refractivity contribution < 1.29 is 14.3 Å². The van der Waals surface area contributed by atoms with Gasteiger partial charge in [0.15, 0.2) is 0 Å². The topological polar surface area (TPSA) is 47.6 Å². The number of benzene rings is 1. The van der Waals surface area contributed by atoms with Crippen LogP contribution in [0.1, 0.15) is 18.9 Å². The predicted molar refractivity (Wildman–Crippen MR) is 71.7 cm³/mol. The van der Waals surface area contributed by atoms with Crippen LogP contribution in [0.2, 0.25) is 0 Å². The van der Waals surface area contributed by atoms with Crippen molar-refractivity contribution in [2.24, 2.45) is 0 Å². The van der Waals surface area contributed by atoms with Gasteiger partial charge in [-0.15, -0.1) is 0 Å². The van der Waals surface area contributed by atoms with Crippen molar-refractivity contribution in [3.63, 3.8) is 0 Å². The molecule has 1 rings (SSSR count). The first-order valence-electron chi connectivity index (χ1n) is 5.94. The average Bonchev–Trinajstić information content (AvgIpc) is 2.38. The zero-order chi connectivity index (χ0) is 13.6. The highest BCUT2D eigenvalue weighted by Gasteiger charge is 2.33. The summed E-state index contributed by atoms with van der Waals surface area (Å²) in [7, 11) is 3.01. The fourth-order valence-corrected chi connectivity index (χ4v) is 1.70. The highest BCUT2D eigenvalue weighted by molar-refractivity contribution is 5.84. The molecule has 0 bridgehead atoms. The lowest BCUT2D eigenvalue weighted by atomic mass is 9.97. The first-order chi connectivity index (χ1) is 8.51. The molecule has 100 valence electrons. The van der Waals surface area contributed by atoms with E-state index in [1.807, 2.05) is 38.1 Å². The molecule has 4 heteroatoms. The van der Waals surface area contributed by atoms with Crippen LogP contribution in [0.3, 0.4) is 0 Å². The van der Waals surface area contributed by atoms with Crippen LogP contribution < -0.4 is 5.32 Å². The summed E-state index contributed by atoms with van der Waals surface area (Å²) in [6.07, 6.45) is 0.546. The van der Waals surface area contributed by atoms with Crippen molar-refractivity contribution in [3.05, 3.63) is 29.8 Å². The van der Waals surface area contributed by atoms with E-state index in [1.165, 1.54) is 12.7 Å². The SMILES string of the molecule is COCCC(C)(Nc1ccc(C)cc1)C(=O)OC. The molecule has 0 heterocycles. The van der Waals surface area contributed by atoms with Crippen LogP contribution in [-0.4, -0.2) is 32.3 Å². The zero-order valence-electron chi connectivity index (χ0n) is 11.4. The average molecular weight is 251 g/mol. The Balaban J connectivity index is 2.83. The molecule has 1 aromatic carbocycles. The van der Waals surface area contributed by atoms with Gasteiger partial charge in [-0.05, 0) is 26.0 Å². The van der Waals surface area contributed by atoms with Gasteiger partial charge in [0.2, 0.25) is 0 Å². The fraction of sp³-hybridized carbons (Fsp3) is 0.500. The van der Waals surface area contributed by atoms with Crippen LogP contribution in [0, 0.1) is 6.92 Å². The van der Waals surface area contributed by atoms with Crippen LogP contribution in [-0.2, 0) is 14.3 Å². The molecule has 0 radical (unpaired) electrons. The first kappa shape index (κ1) is 14.5. The number of aryl methyl sites for hydroxylation is 1. The molecule has 0 amide bonds. The van der Waals surface area contributed by atoms with E-state index in [-0.39, 0.29) is 5.97 Å². The first-order valence-corrected chi connectivity index (χ1v) is 5.94. The second-order valence-electron chi connectivity index (χ2n) is 4.56. The minimum Gasteiger partial charge on any atom is -0.467 e. The number of esters is 1. The van der Waals surface area contributed by atoms with E-state index in [4.69, 9.17) is 9.47 Å². The van der Waals surface area contributed by atoms with Gasteiger partial charge in [-0.25, -0.2) is 4.79 Å². The van der Waals surface area contributed by atoms with Gasteiger partial charge in [0.05, 0.1) is 7.11 Å². The number of rotatable bonds is 6. The van der Waals surface area contributed by atoms with E-state index >= 15 is 0 Å². The molecule has 1 atom stereocenters. The maximum absolute atomic E-state index is 11.9. The Morgan fingerprint density at radius 2 is 1.89 bits per heavy atom. The number of methoxy groups -OCH3 is 2. The summed E-state index contributed by atoms with van der Waals surface area (Å²) in [5.74, 6) is -0.292. The van der Waals surface area contributed by atoms with Gasteiger partial charge in [-0.1, -0.05) is 17.7 Å². The Morgan fingerprint density at radius 1 is 1.28 bits per heavy atom. The summed E-state index contributed by atoms with van der Waals surface area (Å²) in [4.78, 5) is 11.9. The fourth-order valence-electron chi connectivity index (χ4n) is 1.70. The monoisotopic (exact) mass is 251 g/mol. The standard InChI is InChI=1S/C14H21NO3/c1-11-5-7-12(8-6-11)15-14(2,9-10-17-3)13(16)18-4/h5-8,15H,9-10H2,1-4H3. The van der Waals surface area contributed by atoms with E-state index in [2.05, 4.69) is 5.32 Å².